The van der Waals surface area contributed by atoms with Gasteiger partial charge in [0.2, 0.25) is 0 Å². The third-order valence-electron chi connectivity index (χ3n) is 5.55. The summed E-state index contributed by atoms with van der Waals surface area (Å²) in [6, 6.07) is 14.1. The predicted molar refractivity (Wildman–Crippen MR) is 105 cm³/mol. The van der Waals surface area contributed by atoms with Crippen molar-refractivity contribution in [2.75, 3.05) is 20.3 Å². The van der Waals surface area contributed by atoms with Crippen molar-refractivity contribution in [2.45, 2.75) is 31.7 Å². The molecule has 1 heterocycles. The van der Waals surface area contributed by atoms with Crippen molar-refractivity contribution in [3.63, 3.8) is 0 Å². The monoisotopic (exact) mass is 364 g/mol. The lowest BCUT2D eigenvalue weighted by Gasteiger charge is -2.22. The largest absolute Gasteiger partial charge is 0.399 e. The van der Waals surface area contributed by atoms with E-state index in [2.05, 4.69) is 23.4 Å². The second-order valence-corrected chi connectivity index (χ2v) is 7.19. The lowest BCUT2D eigenvalue weighted by molar-refractivity contribution is 0.0680. The first kappa shape index (κ1) is 17.7. The minimum absolute atomic E-state index is 0.0806. The van der Waals surface area contributed by atoms with E-state index in [0.29, 0.717) is 18.5 Å². The Labute approximate surface area is 159 Å². The number of fused-ring (bicyclic) bond motifs is 1. The molecule has 1 aliphatic carbocycles. The van der Waals surface area contributed by atoms with Crippen LogP contribution in [0.4, 0.5) is 0 Å². The molecule has 1 saturated heterocycles. The Kier molecular flexibility index (Phi) is 4.94. The topological polar surface area (TPSA) is 62.1 Å². The highest BCUT2D eigenvalue weighted by Crippen LogP contribution is 2.32. The molecule has 27 heavy (non-hydrogen) atoms. The molecule has 2 aromatic carbocycles. The molecule has 2 aromatic rings. The Morgan fingerprint density at radius 3 is 2.78 bits per heavy atom. The number of carbonyl (C=O) groups excluding carboxylic acids is 1. The number of carbonyl (C=O) groups is 1. The summed E-state index contributed by atoms with van der Waals surface area (Å²) in [4.78, 5) is 19.4. The summed E-state index contributed by atoms with van der Waals surface area (Å²) in [6.45, 7) is 0.314. The van der Waals surface area contributed by atoms with Crippen molar-refractivity contribution in [3.05, 3.63) is 59.2 Å². The van der Waals surface area contributed by atoms with Gasteiger partial charge in [-0.1, -0.05) is 35.5 Å². The number of rotatable bonds is 4. The molecule has 0 saturated carbocycles. The van der Waals surface area contributed by atoms with Crippen LogP contribution in [0.3, 0.4) is 0 Å². The summed E-state index contributed by atoms with van der Waals surface area (Å²) in [6.07, 6.45) is 4.04. The third kappa shape index (κ3) is 3.35. The van der Waals surface area contributed by atoms with Crippen LogP contribution in [0, 0.1) is 0 Å². The Hall–Kier alpha value is -2.66. The molecule has 1 amide bonds. The lowest BCUT2D eigenvalue weighted by atomic mass is 9.96. The van der Waals surface area contributed by atoms with E-state index in [-0.39, 0.29) is 18.6 Å². The molecule has 0 radical (unpaired) electrons. The zero-order valence-corrected chi connectivity index (χ0v) is 15.5. The van der Waals surface area contributed by atoms with Gasteiger partial charge >= 0.3 is 0 Å². The molecule has 1 fully saturated rings. The van der Waals surface area contributed by atoms with Crippen LogP contribution in [-0.4, -0.2) is 47.9 Å². The van der Waals surface area contributed by atoms with E-state index >= 15 is 0 Å². The van der Waals surface area contributed by atoms with Gasteiger partial charge in [0, 0.05) is 12.0 Å². The summed E-state index contributed by atoms with van der Waals surface area (Å²) >= 11 is 0. The first-order valence-electron chi connectivity index (χ1n) is 9.43. The number of nitrogens with zero attached hydrogens (tertiary/aromatic N) is 2. The maximum atomic E-state index is 12.9. The second kappa shape index (κ2) is 7.53. The van der Waals surface area contributed by atoms with E-state index in [1.807, 2.05) is 24.3 Å². The zero-order valence-electron chi connectivity index (χ0n) is 15.5. The van der Waals surface area contributed by atoms with Crippen molar-refractivity contribution < 1.29 is 14.7 Å². The van der Waals surface area contributed by atoms with Crippen LogP contribution in [0.1, 0.15) is 34.3 Å². The number of amides is 1. The SMILES string of the molecule is CO/N=C1/C[C@@H](CO)N(C(=O)c2ccc(-c3cccc4c3CCC4)cc2)C1. The molecular formula is C22H24N2O3. The van der Waals surface area contributed by atoms with Gasteiger partial charge in [-0.2, -0.15) is 0 Å². The Balaban J connectivity index is 1.57. The molecule has 2 aliphatic rings. The highest BCUT2D eigenvalue weighted by molar-refractivity contribution is 6.00. The van der Waals surface area contributed by atoms with Gasteiger partial charge in [-0.25, -0.2) is 0 Å². The average Bonchev–Trinajstić information content (AvgIpc) is 3.34. The predicted octanol–water partition coefficient (Wildman–Crippen LogP) is 3.05. The van der Waals surface area contributed by atoms with E-state index in [1.165, 1.54) is 30.2 Å². The quantitative estimate of drug-likeness (QED) is 0.848. The first-order chi connectivity index (χ1) is 13.2. The highest BCUT2D eigenvalue weighted by atomic mass is 16.6. The molecule has 5 heteroatoms. The number of aliphatic hydroxyl groups is 1. The molecule has 1 N–H and O–H groups in total. The minimum Gasteiger partial charge on any atom is -0.399 e. The van der Waals surface area contributed by atoms with Crippen LogP contribution in [0.2, 0.25) is 0 Å². The standard InChI is InChI=1S/C22H24N2O3/c1-27-23-18-12-19(14-25)24(13-18)22(26)17-10-8-16(9-11-17)21-7-3-5-15-4-2-6-20(15)21/h3,5,7-11,19,25H,2,4,6,12-14H2,1H3/b23-18-/t19-/m0/s1. The molecule has 4 rings (SSSR count). The average molecular weight is 364 g/mol. The molecular weight excluding hydrogens is 340 g/mol. The van der Waals surface area contributed by atoms with Gasteiger partial charge in [0.05, 0.1) is 24.9 Å². The number of likely N-dealkylation sites (tertiary alicyclic amines) is 1. The molecule has 1 aliphatic heterocycles. The fourth-order valence-corrected chi connectivity index (χ4v) is 4.22. The number of hydrogen-bond donors (Lipinski definition) is 1. The maximum Gasteiger partial charge on any atom is 0.254 e. The van der Waals surface area contributed by atoms with E-state index < -0.39 is 0 Å². The highest BCUT2D eigenvalue weighted by Gasteiger charge is 2.33. The second-order valence-electron chi connectivity index (χ2n) is 7.19. The van der Waals surface area contributed by atoms with Gasteiger partial charge in [0.25, 0.3) is 5.91 Å². The summed E-state index contributed by atoms with van der Waals surface area (Å²) in [5.74, 6) is -0.0832. The van der Waals surface area contributed by atoms with Crippen molar-refractivity contribution in [3.8, 4) is 11.1 Å². The van der Waals surface area contributed by atoms with E-state index in [9.17, 15) is 9.90 Å². The summed E-state index contributed by atoms with van der Waals surface area (Å²) in [5, 5.41) is 13.6. The van der Waals surface area contributed by atoms with Crippen LogP contribution in [0.15, 0.2) is 47.6 Å². The zero-order chi connectivity index (χ0) is 18.8. The van der Waals surface area contributed by atoms with Gasteiger partial charge in [0.1, 0.15) is 7.11 Å². The lowest BCUT2D eigenvalue weighted by Crippen LogP contribution is -2.37. The van der Waals surface area contributed by atoms with Crippen molar-refractivity contribution in [1.29, 1.82) is 0 Å². The van der Waals surface area contributed by atoms with E-state index in [4.69, 9.17) is 4.84 Å². The summed E-state index contributed by atoms with van der Waals surface area (Å²) in [7, 11) is 1.49. The van der Waals surface area contributed by atoms with Gasteiger partial charge in [-0.05, 0) is 53.6 Å². The fraction of sp³-hybridized carbons (Fsp3) is 0.364. The number of hydrogen-bond acceptors (Lipinski definition) is 4. The summed E-state index contributed by atoms with van der Waals surface area (Å²) in [5.41, 5.74) is 6.71. The molecule has 0 spiro atoms. The maximum absolute atomic E-state index is 12.9. The van der Waals surface area contributed by atoms with Gasteiger partial charge in [-0.15, -0.1) is 0 Å². The Morgan fingerprint density at radius 2 is 2.04 bits per heavy atom. The minimum atomic E-state index is -0.247. The normalized spacial score (nSPS) is 20.1. The van der Waals surface area contributed by atoms with E-state index in [0.717, 1.165) is 24.1 Å². The van der Waals surface area contributed by atoms with Crippen LogP contribution >= 0.6 is 0 Å². The van der Waals surface area contributed by atoms with Crippen LogP contribution in [0.25, 0.3) is 11.1 Å². The molecule has 5 nitrogen and oxygen atoms in total. The third-order valence-corrected chi connectivity index (χ3v) is 5.55. The van der Waals surface area contributed by atoms with Gasteiger partial charge in [0.15, 0.2) is 0 Å². The molecule has 0 bridgehead atoms. The van der Waals surface area contributed by atoms with Crippen LogP contribution in [0.5, 0.6) is 0 Å². The van der Waals surface area contributed by atoms with E-state index in [1.54, 1.807) is 4.90 Å². The molecule has 140 valence electrons. The molecule has 1 atom stereocenters. The van der Waals surface area contributed by atoms with Crippen molar-refractivity contribution in [2.24, 2.45) is 5.16 Å². The van der Waals surface area contributed by atoms with Crippen molar-refractivity contribution in [1.82, 2.24) is 4.90 Å². The first-order valence-corrected chi connectivity index (χ1v) is 9.43. The summed E-state index contributed by atoms with van der Waals surface area (Å²) < 4.78 is 0. The Morgan fingerprint density at radius 1 is 1.22 bits per heavy atom. The fourth-order valence-electron chi connectivity index (χ4n) is 4.22. The Bertz CT molecular complexity index is 874. The number of aliphatic hydroxyl groups excluding tert-OH is 1. The van der Waals surface area contributed by atoms with Crippen LogP contribution < -0.4 is 0 Å². The van der Waals surface area contributed by atoms with Gasteiger partial charge in [-0.3, -0.25) is 4.79 Å². The van der Waals surface area contributed by atoms with Crippen molar-refractivity contribution >= 4 is 11.6 Å². The van der Waals surface area contributed by atoms with Crippen LogP contribution in [-0.2, 0) is 17.7 Å². The molecule has 0 unspecified atom stereocenters. The van der Waals surface area contributed by atoms with Gasteiger partial charge < -0.3 is 14.8 Å². The number of aryl methyl sites for hydroxylation is 1. The molecule has 0 aromatic heterocycles. The number of oxime groups is 1. The number of benzene rings is 2. The smallest absolute Gasteiger partial charge is 0.254 e.